The molecule has 82 valence electrons. The standard InChI is InChI=1S/C12H23NO/c1-10(2)8-13-9-12-5-3-4-11(12)14-7-6-12/h10-11,13H,3-9H2,1-2H3/t11-,12-/m1/s1. The van der Waals surface area contributed by atoms with Gasteiger partial charge >= 0.3 is 0 Å². The first kappa shape index (κ1) is 10.4. The lowest BCUT2D eigenvalue weighted by molar-refractivity contribution is 0.0697. The Bertz CT molecular complexity index is 181. The molecule has 0 aromatic heterocycles. The molecule has 2 aliphatic rings. The number of nitrogens with one attached hydrogen (secondary N) is 1. The van der Waals surface area contributed by atoms with Crippen LogP contribution in [-0.2, 0) is 4.74 Å². The van der Waals surface area contributed by atoms with Gasteiger partial charge in [0.1, 0.15) is 0 Å². The summed E-state index contributed by atoms with van der Waals surface area (Å²) in [4.78, 5) is 0. The first-order valence-electron chi connectivity index (χ1n) is 6.05. The molecule has 14 heavy (non-hydrogen) atoms. The van der Waals surface area contributed by atoms with Gasteiger partial charge in [0.2, 0.25) is 0 Å². The second kappa shape index (κ2) is 4.19. The van der Waals surface area contributed by atoms with E-state index in [0.717, 1.165) is 19.1 Å². The Morgan fingerprint density at radius 3 is 3.07 bits per heavy atom. The van der Waals surface area contributed by atoms with Crippen LogP contribution in [0.15, 0.2) is 0 Å². The highest BCUT2D eigenvalue weighted by molar-refractivity contribution is 4.97. The van der Waals surface area contributed by atoms with E-state index in [1.165, 1.54) is 32.2 Å². The van der Waals surface area contributed by atoms with Gasteiger partial charge in [-0.1, -0.05) is 20.3 Å². The molecule has 2 nitrogen and oxygen atoms in total. The molecule has 0 bridgehead atoms. The van der Waals surface area contributed by atoms with Crippen molar-refractivity contribution in [3.8, 4) is 0 Å². The van der Waals surface area contributed by atoms with Gasteiger partial charge in [-0.2, -0.15) is 0 Å². The Balaban J connectivity index is 1.82. The summed E-state index contributed by atoms with van der Waals surface area (Å²) in [5, 5.41) is 3.61. The van der Waals surface area contributed by atoms with E-state index in [9.17, 15) is 0 Å². The van der Waals surface area contributed by atoms with E-state index in [-0.39, 0.29) is 0 Å². The summed E-state index contributed by atoms with van der Waals surface area (Å²) in [5.41, 5.74) is 0.509. The van der Waals surface area contributed by atoms with Gasteiger partial charge in [-0.05, 0) is 31.7 Å². The van der Waals surface area contributed by atoms with Crippen molar-refractivity contribution in [1.29, 1.82) is 0 Å². The Hall–Kier alpha value is -0.0800. The molecule has 2 fully saturated rings. The summed E-state index contributed by atoms with van der Waals surface area (Å²) >= 11 is 0. The fourth-order valence-electron chi connectivity index (χ4n) is 2.96. The largest absolute Gasteiger partial charge is 0.378 e. The van der Waals surface area contributed by atoms with Gasteiger partial charge in [0.15, 0.2) is 0 Å². The highest BCUT2D eigenvalue weighted by Gasteiger charge is 2.46. The van der Waals surface area contributed by atoms with E-state index < -0.39 is 0 Å². The molecule has 1 aliphatic heterocycles. The minimum absolute atomic E-state index is 0.509. The number of hydrogen-bond donors (Lipinski definition) is 1. The average Bonchev–Trinajstić information content (AvgIpc) is 2.61. The molecule has 0 unspecified atom stereocenters. The number of rotatable bonds is 4. The maximum Gasteiger partial charge on any atom is 0.0644 e. The van der Waals surface area contributed by atoms with Crippen LogP contribution < -0.4 is 5.32 Å². The van der Waals surface area contributed by atoms with Gasteiger partial charge in [-0.3, -0.25) is 0 Å². The molecule has 2 rings (SSSR count). The summed E-state index contributed by atoms with van der Waals surface area (Å²) in [7, 11) is 0. The van der Waals surface area contributed by atoms with Crippen LogP contribution in [0.25, 0.3) is 0 Å². The molecule has 1 heterocycles. The maximum absolute atomic E-state index is 5.80. The molecule has 0 amide bonds. The first-order chi connectivity index (χ1) is 6.73. The van der Waals surface area contributed by atoms with E-state index in [4.69, 9.17) is 4.74 Å². The summed E-state index contributed by atoms with van der Waals surface area (Å²) in [5.74, 6) is 0.758. The monoisotopic (exact) mass is 197 g/mol. The van der Waals surface area contributed by atoms with Crippen LogP contribution in [0.3, 0.4) is 0 Å². The van der Waals surface area contributed by atoms with E-state index in [1.807, 2.05) is 0 Å². The Kier molecular flexibility index (Phi) is 3.13. The highest BCUT2D eigenvalue weighted by Crippen LogP contribution is 2.46. The van der Waals surface area contributed by atoms with Gasteiger partial charge in [0.05, 0.1) is 6.10 Å². The van der Waals surface area contributed by atoms with Crippen molar-refractivity contribution in [2.45, 2.75) is 45.6 Å². The fraction of sp³-hybridized carbons (Fsp3) is 1.00. The molecular formula is C12H23NO. The van der Waals surface area contributed by atoms with Gasteiger partial charge in [-0.25, -0.2) is 0 Å². The van der Waals surface area contributed by atoms with Crippen LogP contribution in [0.5, 0.6) is 0 Å². The minimum Gasteiger partial charge on any atom is -0.378 e. The topological polar surface area (TPSA) is 21.3 Å². The van der Waals surface area contributed by atoms with E-state index in [0.29, 0.717) is 11.5 Å². The molecule has 1 aliphatic carbocycles. The molecule has 1 saturated carbocycles. The minimum atomic E-state index is 0.509. The zero-order valence-corrected chi connectivity index (χ0v) is 9.51. The highest BCUT2D eigenvalue weighted by atomic mass is 16.5. The summed E-state index contributed by atoms with van der Waals surface area (Å²) < 4.78 is 5.80. The van der Waals surface area contributed by atoms with Crippen molar-refractivity contribution in [2.75, 3.05) is 19.7 Å². The molecule has 2 atom stereocenters. The molecule has 1 N–H and O–H groups in total. The van der Waals surface area contributed by atoms with Crippen molar-refractivity contribution < 1.29 is 4.74 Å². The van der Waals surface area contributed by atoms with E-state index in [1.54, 1.807) is 0 Å². The van der Waals surface area contributed by atoms with Crippen LogP contribution in [0.4, 0.5) is 0 Å². The van der Waals surface area contributed by atoms with Crippen molar-refractivity contribution in [2.24, 2.45) is 11.3 Å². The first-order valence-corrected chi connectivity index (χ1v) is 6.05. The van der Waals surface area contributed by atoms with Crippen molar-refractivity contribution in [1.82, 2.24) is 5.32 Å². The predicted molar refractivity (Wildman–Crippen MR) is 58.3 cm³/mol. The Morgan fingerprint density at radius 1 is 1.43 bits per heavy atom. The smallest absolute Gasteiger partial charge is 0.0644 e. The summed E-state index contributed by atoms with van der Waals surface area (Å²) in [6.07, 6.45) is 5.89. The predicted octanol–water partition coefficient (Wildman–Crippen LogP) is 2.19. The fourth-order valence-corrected chi connectivity index (χ4v) is 2.96. The van der Waals surface area contributed by atoms with Crippen molar-refractivity contribution >= 4 is 0 Å². The van der Waals surface area contributed by atoms with E-state index in [2.05, 4.69) is 19.2 Å². The lowest BCUT2D eigenvalue weighted by atomic mass is 9.83. The zero-order valence-electron chi connectivity index (χ0n) is 9.51. The molecule has 0 radical (unpaired) electrons. The van der Waals surface area contributed by atoms with Crippen LogP contribution in [-0.4, -0.2) is 25.8 Å². The lowest BCUT2D eigenvalue weighted by Crippen LogP contribution is -2.38. The third-order valence-electron chi connectivity index (χ3n) is 3.77. The Morgan fingerprint density at radius 2 is 2.29 bits per heavy atom. The molecular weight excluding hydrogens is 174 g/mol. The summed E-state index contributed by atoms with van der Waals surface area (Å²) in [6, 6.07) is 0. The third kappa shape index (κ3) is 1.96. The van der Waals surface area contributed by atoms with Crippen molar-refractivity contribution in [3.63, 3.8) is 0 Å². The number of hydrogen-bond acceptors (Lipinski definition) is 2. The number of fused-ring (bicyclic) bond motifs is 1. The Labute approximate surface area is 87.4 Å². The summed E-state index contributed by atoms with van der Waals surface area (Å²) in [6.45, 7) is 7.85. The maximum atomic E-state index is 5.80. The second-order valence-electron chi connectivity index (χ2n) is 5.39. The van der Waals surface area contributed by atoms with Crippen LogP contribution >= 0.6 is 0 Å². The van der Waals surface area contributed by atoms with Crippen LogP contribution in [0.1, 0.15) is 39.5 Å². The zero-order chi connectivity index (χ0) is 10.0. The van der Waals surface area contributed by atoms with E-state index >= 15 is 0 Å². The van der Waals surface area contributed by atoms with Gasteiger partial charge < -0.3 is 10.1 Å². The third-order valence-corrected chi connectivity index (χ3v) is 3.77. The average molecular weight is 197 g/mol. The van der Waals surface area contributed by atoms with Gasteiger partial charge in [0, 0.05) is 18.6 Å². The van der Waals surface area contributed by atoms with Gasteiger partial charge in [0.25, 0.3) is 0 Å². The van der Waals surface area contributed by atoms with Crippen LogP contribution in [0.2, 0.25) is 0 Å². The molecule has 0 spiro atoms. The molecule has 1 saturated heterocycles. The normalized spacial score (nSPS) is 36.6. The SMILES string of the molecule is CC(C)CNC[C@]12CCC[C@H]1OCC2. The van der Waals surface area contributed by atoms with Gasteiger partial charge in [-0.15, -0.1) is 0 Å². The molecule has 0 aromatic rings. The second-order valence-corrected chi connectivity index (χ2v) is 5.39. The van der Waals surface area contributed by atoms with Crippen molar-refractivity contribution in [3.05, 3.63) is 0 Å². The molecule has 0 aromatic carbocycles. The lowest BCUT2D eigenvalue weighted by Gasteiger charge is -2.28. The number of ether oxygens (including phenoxy) is 1. The molecule has 2 heteroatoms. The van der Waals surface area contributed by atoms with Crippen LogP contribution in [0, 0.1) is 11.3 Å². The quantitative estimate of drug-likeness (QED) is 0.746.